The fourth-order valence-corrected chi connectivity index (χ4v) is 2.58. The third-order valence-corrected chi connectivity index (χ3v) is 3.66. The van der Waals surface area contributed by atoms with Crippen molar-refractivity contribution in [2.45, 2.75) is 12.8 Å². The molecule has 1 aliphatic rings. The van der Waals surface area contributed by atoms with Gasteiger partial charge in [0.05, 0.1) is 19.1 Å². The Labute approximate surface area is 120 Å². The molecular formula is C16H22N2O2. The van der Waals surface area contributed by atoms with Gasteiger partial charge < -0.3 is 9.47 Å². The van der Waals surface area contributed by atoms with Crippen LogP contribution in [0.25, 0.3) is 0 Å². The molecule has 0 aromatic heterocycles. The van der Waals surface area contributed by atoms with Gasteiger partial charge in [-0.05, 0) is 36.6 Å². The highest BCUT2D eigenvalue weighted by atomic mass is 16.5. The first-order valence-electron chi connectivity index (χ1n) is 7.12. The van der Waals surface area contributed by atoms with Crippen LogP contribution < -0.4 is 4.74 Å². The van der Waals surface area contributed by atoms with Crippen LogP contribution in [0.15, 0.2) is 24.3 Å². The van der Waals surface area contributed by atoms with E-state index in [-0.39, 0.29) is 0 Å². The van der Waals surface area contributed by atoms with Crippen LogP contribution in [0.3, 0.4) is 0 Å². The molecule has 2 rings (SSSR count). The lowest BCUT2D eigenvalue weighted by molar-refractivity contribution is 0.150. The lowest BCUT2D eigenvalue weighted by Gasteiger charge is -2.16. The quantitative estimate of drug-likeness (QED) is 0.764. The molecule has 1 unspecified atom stereocenters. The van der Waals surface area contributed by atoms with Gasteiger partial charge in [-0.25, -0.2) is 0 Å². The maximum absolute atomic E-state index is 8.62. The molecule has 0 radical (unpaired) electrons. The van der Waals surface area contributed by atoms with Crippen LogP contribution in [-0.2, 0) is 11.2 Å². The Morgan fingerprint density at radius 3 is 2.85 bits per heavy atom. The predicted octanol–water partition coefficient (Wildman–Crippen LogP) is 2.10. The van der Waals surface area contributed by atoms with Crippen molar-refractivity contribution in [2.75, 3.05) is 40.0 Å². The molecule has 1 aromatic carbocycles. The van der Waals surface area contributed by atoms with Crippen LogP contribution in [0.1, 0.15) is 12.0 Å². The molecule has 0 amide bonds. The number of hydrogen-bond acceptors (Lipinski definition) is 4. The van der Waals surface area contributed by atoms with E-state index in [0.29, 0.717) is 18.9 Å². The van der Waals surface area contributed by atoms with Gasteiger partial charge in [0.15, 0.2) is 0 Å². The van der Waals surface area contributed by atoms with Crippen LogP contribution in [0.4, 0.5) is 0 Å². The third-order valence-electron chi connectivity index (χ3n) is 3.66. The predicted molar refractivity (Wildman–Crippen MR) is 77.7 cm³/mol. The summed E-state index contributed by atoms with van der Waals surface area (Å²) in [6, 6.07) is 9.91. The van der Waals surface area contributed by atoms with E-state index < -0.39 is 0 Å². The van der Waals surface area contributed by atoms with E-state index in [4.69, 9.17) is 14.7 Å². The van der Waals surface area contributed by atoms with E-state index in [2.05, 4.69) is 11.0 Å². The first-order valence-corrected chi connectivity index (χ1v) is 7.12. The second-order valence-electron chi connectivity index (χ2n) is 5.24. The first kappa shape index (κ1) is 14.8. The average molecular weight is 274 g/mol. The zero-order valence-corrected chi connectivity index (χ0v) is 12.0. The van der Waals surface area contributed by atoms with E-state index in [1.165, 1.54) is 6.42 Å². The van der Waals surface area contributed by atoms with E-state index in [1.807, 2.05) is 24.3 Å². The minimum absolute atomic E-state index is 0.453. The van der Waals surface area contributed by atoms with Gasteiger partial charge in [-0.1, -0.05) is 12.1 Å². The first-order chi connectivity index (χ1) is 9.81. The highest BCUT2D eigenvalue weighted by molar-refractivity contribution is 5.28. The maximum atomic E-state index is 8.62. The molecule has 20 heavy (non-hydrogen) atoms. The number of nitrogens with zero attached hydrogens (tertiary/aromatic N) is 2. The number of hydrogen-bond donors (Lipinski definition) is 0. The third kappa shape index (κ3) is 4.52. The molecule has 1 aromatic rings. The molecule has 4 heteroatoms. The van der Waals surface area contributed by atoms with Crippen molar-refractivity contribution in [1.82, 2.24) is 4.90 Å². The zero-order valence-electron chi connectivity index (χ0n) is 12.0. The lowest BCUT2D eigenvalue weighted by Crippen LogP contribution is -2.26. The normalized spacial score (nSPS) is 18.9. The monoisotopic (exact) mass is 274 g/mol. The fourth-order valence-electron chi connectivity index (χ4n) is 2.58. The second kappa shape index (κ2) is 7.88. The van der Waals surface area contributed by atoms with Crippen LogP contribution in [0.5, 0.6) is 5.75 Å². The van der Waals surface area contributed by atoms with Gasteiger partial charge in [0.2, 0.25) is 0 Å². The van der Waals surface area contributed by atoms with Crippen molar-refractivity contribution in [3.8, 4) is 11.8 Å². The number of benzene rings is 1. The number of ether oxygens (including phenoxy) is 2. The zero-order chi connectivity index (χ0) is 14.2. The lowest BCUT2D eigenvalue weighted by atomic mass is 10.1. The van der Waals surface area contributed by atoms with E-state index in [1.54, 1.807) is 7.11 Å². The Kier molecular flexibility index (Phi) is 5.85. The van der Waals surface area contributed by atoms with Gasteiger partial charge >= 0.3 is 0 Å². The van der Waals surface area contributed by atoms with Crippen LogP contribution >= 0.6 is 0 Å². The van der Waals surface area contributed by atoms with Crippen molar-refractivity contribution < 1.29 is 9.47 Å². The second-order valence-corrected chi connectivity index (χ2v) is 5.24. The number of rotatable bonds is 7. The van der Waals surface area contributed by atoms with Gasteiger partial charge in [0.1, 0.15) is 12.4 Å². The summed E-state index contributed by atoms with van der Waals surface area (Å²) in [4.78, 5) is 2.42. The van der Waals surface area contributed by atoms with Crippen molar-refractivity contribution >= 4 is 0 Å². The van der Waals surface area contributed by atoms with E-state index in [9.17, 15) is 0 Å². The van der Waals surface area contributed by atoms with Gasteiger partial charge in [0.25, 0.3) is 0 Å². The standard InChI is InChI=1S/C16H22N2O2/c1-19-13-15-7-9-18(12-15)10-11-20-16-4-2-14(3-5-16)6-8-17/h2-5,15H,6-7,9-13H2,1H3. The molecule has 0 N–H and O–H groups in total. The largest absolute Gasteiger partial charge is 0.492 e. The summed E-state index contributed by atoms with van der Waals surface area (Å²) in [5, 5.41) is 8.62. The molecule has 1 aliphatic heterocycles. The molecule has 4 nitrogen and oxygen atoms in total. The van der Waals surface area contributed by atoms with E-state index in [0.717, 1.165) is 37.6 Å². The summed E-state index contributed by atoms with van der Waals surface area (Å²) in [5.41, 5.74) is 1.03. The fraction of sp³-hybridized carbons (Fsp3) is 0.562. The van der Waals surface area contributed by atoms with Crippen LogP contribution in [0.2, 0.25) is 0 Å². The molecule has 0 bridgehead atoms. The Hall–Kier alpha value is -1.57. The smallest absolute Gasteiger partial charge is 0.119 e. The van der Waals surface area contributed by atoms with E-state index >= 15 is 0 Å². The Bertz CT molecular complexity index is 439. The summed E-state index contributed by atoms with van der Waals surface area (Å²) >= 11 is 0. The molecule has 1 heterocycles. The van der Waals surface area contributed by atoms with Crippen molar-refractivity contribution in [2.24, 2.45) is 5.92 Å². The highest BCUT2D eigenvalue weighted by Crippen LogP contribution is 2.16. The Balaban J connectivity index is 1.67. The number of methoxy groups -OCH3 is 1. The highest BCUT2D eigenvalue weighted by Gasteiger charge is 2.21. The minimum Gasteiger partial charge on any atom is -0.492 e. The molecule has 1 saturated heterocycles. The summed E-state index contributed by atoms with van der Waals surface area (Å²) in [6.07, 6.45) is 1.67. The van der Waals surface area contributed by atoms with Gasteiger partial charge in [-0.15, -0.1) is 0 Å². The Morgan fingerprint density at radius 1 is 1.35 bits per heavy atom. The van der Waals surface area contributed by atoms with Gasteiger partial charge in [-0.3, -0.25) is 4.90 Å². The molecule has 1 atom stereocenters. The molecular weight excluding hydrogens is 252 g/mol. The topological polar surface area (TPSA) is 45.5 Å². The Morgan fingerprint density at radius 2 is 2.15 bits per heavy atom. The summed E-state index contributed by atoms with van der Waals surface area (Å²) < 4.78 is 10.9. The molecule has 0 spiro atoms. The van der Waals surface area contributed by atoms with Gasteiger partial charge in [-0.2, -0.15) is 5.26 Å². The minimum atomic E-state index is 0.453. The molecule has 108 valence electrons. The van der Waals surface area contributed by atoms with Crippen LogP contribution in [0, 0.1) is 17.2 Å². The van der Waals surface area contributed by atoms with Crippen molar-refractivity contribution in [3.63, 3.8) is 0 Å². The molecule has 0 saturated carbocycles. The number of nitriles is 1. The summed E-state index contributed by atoms with van der Waals surface area (Å²) in [5.74, 6) is 1.55. The maximum Gasteiger partial charge on any atom is 0.119 e. The van der Waals surface area contributed by atoms with Crippen LogP contribution in [-0.4, -0.2) is 44.9 Å². The van der Waals surface area contributed by atoms with Gasteiger partial charge in [0, 0.05) is 20.2 Å². The average Bonchev–Trinajstić information content (AvgIpc) is 2.89. The SMILES string of the molecule is COCC1CCN(CCOc2ccc(CC#N)cc2)C1. The molecule has 1 fully saturated rings. The van der Waals surface area contributed by atoms with Crippen molar-refractivity contribution in [3.05, 3.63) is 29.8 Å². The van der Waals surface area contributed by atoms with Crippen molar-refractivity contribution in [1.29, 1.82) is 5.26 Å². The summed E-state index contributed by atoms with van der Waals surface area (Å²) in [6.45, 7) is 4.77. The summed E-state index contributed by atoms with van der Waals surface area (Å²) in [7, 11) is 1.77. The molecule has 0 aliphatic carbocycles. The number of likely N-dealkylation sites (tertiary alicyclic amines) is 1.